The Morgan fingerprint density at radius 1 is 1.71 bits per heavy atom. The highest BCUT2D eigenvalue weighted by Gasteiger charge is 2.08. The van der Waals surface area contributed by atoms with E-state index >= 15 is 0 Å². The Morgan fingerprint density at radius 3 is 2.14 bits per heavy atom. The van der Waals surface area contributed by atoms with Gasteiger partial charge < -0.3 is 5.11 Å². The molecule has 0 atom stereocenters. The van der Waals surface area contributed by atoms with Crippen LogP contribution in [0.25, 0.3) is 0 Å². The van der Waals surface area contributed by atoms with E-state index in [1.807, 2.05) is 0 Å². The Morgan fingerprint density at radius 2 is 2.14 bits per heavy atom. The van der Waals surface area contributed by atoms with Crippen molar-refractivity contribution in [3.05, 3.63) is 0 Å². The van der Waals surface area contributed by atoms with Gasteiger partial charge in [0, 0.05) is 6.42 Å². The molecule has 0 saturated carbocycles. The van der Waals surface area contributed by atoms with Crippen molar-refractivity contribution in [3.8, 4) is 12.3 Å². The Kier molecular flexibility index (Phi) is 1.86. The Labute approximate surface area is 44.4 Å². The van der Waals surface area contributed by atoms with Crippen LogP contribution >= 0.6 is 0 Å². The smallest absolute Gasteiger partial charge is 0.0700 e. The number of terminal acetylenes is 1. The topological polar surface area (TPSA) is 20.2 Å². The summed E-state index contributed by atoms with van der Waals surface area (Å²) in [6.45, 7) is 3.37. The predicted octanol–water partition coefficient (Wildman–Crippen LogP) is 0.781. The quantitative estimate of drug-likeness (QED) is 0.480. The fraction of sp³-hybridized carbons (Fsp3) is 0.667. The largest absolute Gasteiger partial charge is 0.389 e. The second kappa shape index (κ2) is 1.99. The lowest BCUT2D eigenvalue weighted by atomic mass is 10.1. The van der Waals surface area contributed by atoms with Gasteiger partial charge in [0.15, 0.2) is 0 Å². The maximum absolute atomic E-state index is 8.88. The average Bonchev–Trinajstić information content (AvgIpc) is 1.30. The zero-order chi connectivity index (χ0) is 5.91. The van der Waals surface area contributed by atoms with Gasteiger partial charge in [0.1, 0.15) is 0 Å². The van der Waals surface area contributed by atoms with Crippen molar-refractivity contribution in [2.24, 2.45) is 0 Å². The number of aliphatic hydroxyl groups is 1. The first-order valence-corrected chi connectivity index (χ1v) is 2.22. The summed E-state index contributed by atoms with van der Waals surface area (Å²) in [4.78, 5) is 0. The number of hydrogen-bond acceptors (Lipinski definition) is 1. The summed E-state index contributed by atoms with van der Waals surface area (Å²) in [5, 5.41) is 8.88. The lowest BCUT2D eigenvalue weighted by molar-refractivity contribution is 0.0863. The molecular formula is C6H10O. The van der Waals surface area contributed by atoms with Crippen molar-refractivity contribution in [2.45, 2.75) is 25.9 Å². The molecule has 0 radical (unpaired) electrons. The summed E-state index contributed by atoms with van der Waals surface area (Å²) in [5.41, 5.74) is -0.686. The molecule has 0 aromatic heterocycles. The molecule has 0 amide bonds. The van der Waals surface area contributed by atoms with Gasteiger partial charge in [-0.2, -0.15) is 0 Å². The van der Waals surface area contributed by atoms with Gasteiger partial charge in [-0.15, -0.1) is 12.3 Å². The predicted molar refractivity (Wildman–Crippen MR) is 29.7 cm³/mol. The fourth-order valence-electron chi connectivity index (χ4n) is 0.250. The first kappa shape index (κ1) is 6.52. The zero-order valence-corrected chi connectivity index (χ0v) is 4.73. The van der Waals surface area contributed by atoms with Crippen molar-refractivity contribution >= 4 is 0 Å². The van der Waals surface area contributed by atoms with E-state index in [0.717, 1.165) is 0 Å². The van der Waals surface area contributed by atoms with Crippen LogP contribution < -0.4 is 0 Å². The molecule has 0 aromatic carbocycles. The molecule has 0 unspecified atom stereocenters. The third-order valence-corrected chi connectivity index (χ3v) is 0.535. The molecule has 0 aliphatic rings. The molecule has 7 heavy (non-hydrogen) atoms. The molecular weight excluding hydrogens is 88.1 g/mol. The molecule has 1 nitrogen and oxygen atoms in total. The van der Waals surface area contributed by atoms with E-state index in [9.17, 15) is 0 Å². The number of rotatable bonds is 1. The van der Waals surface area contributed by atoms with Gasteiger partial charge in [-0.3, -0.25) is 0 Å². The van der Waals surface area contributed by atoms with Gasteiger partial charge in [-0.05, 0) is 13.8 Å². The second-order valence-corrected chi connectivity index (χ2v) is 2.19. The lowest BCUT2D eigenvalue weighted by Gasteiger charge is -2.10. The molecule has 0 rings (SSSR count). The summed E-state index contributed by atoms with van der Waals surface area (Å²) >= 11 is 0. The van der Waals surface area contributed by atoms with E-state index < -0.39 is 5.60 Å². The van der Waals surface area contributed by atoms with Crippen LogP contribution in [0, 0.1) is 12.3 Å². The lowest BCUT2D eigenvalue weighted by Crippen LogP contribution is -2.16. The van der Waals surface area contributed by atoms with Crippen molar-refractivity contribution < 1.29 is 5.11 Å². The van der Waals surface area contributed by atoms with Crippen LogP contribution in [0.2, 0.25) is 0 Å². The molecule has 0 bridgehead atoms. The van der Waals surface area contributed by atoms with Gasteiger partial charge in [0.05, 0.1) is 5.60 Å². The minimum atomic E-state index is -0.686. The zero-order valence-electron chi connectivity index (χ0n) is 4.73. The molecule has 1 N–H and O–H groups in total. The molecule has 0 fully saturated rings. The van der Waals surface area contributed by atoms with Crippen molar-refractivity contribution in [2.75, 3.05) is 0 Å². The molecule has 0 heterocycles. The van der Waals surface area contributed by atoms with Crippen molar-refractivity contribution in [1.82, 2.24) is 0 Å². The molecule has 40 valence electrons. The maximum atomic E-state index is 8.88. The van der Waals surface area contributed by atoms with Crippen LogP contribution in [-0.2, 0) is 0 Å². The summed E-state index contributed by atoms with van der Waals surface area (Å²) in [6.07, 6.45) is 5.33. The molecule has 0 aromatic rings. The van der Waals surface area contributed by atoms with E-state index in [0.29, 0.717) is 6.42 Å². The third-order valence-electron chi connectivity index (χ3n) is 0.535. The third kappa shape index (κ3) is 5.52. The van der Waals surface area contributed by atoms with Gasteiger partial charge in [-0.1, -0.05) is 0 Å². The van der Waals surface area contributed by atoms with Crippen molar-refractivity contribution in [3.63, 3.8) is 0 Å². The van der Waals surface area contributed by atoms with Crippen molar-refractivity contribution in [1.29, 1.82) is 0 Å². The summed E-state index contributed by atoms with van der Waals surface area (Å²) in [7, 11) is 0. The molecule has 1 heteroatoms. The monoisotopic (exact) mass is 98.1 g/mol. The van der Waals surface area contributed by atoms with Crippen LogP contribution in [0.4, 0.5) is 0 Å². The second-order valence-electron chi connectivity index (χ2n) is 2.19. The standard InChI is InChI=1S/C6H10O/c1-4-5-6(2,3)7/h1,7H,5H2,2-3H3. The van der Waals surface area contributed by atoms with E-state index in [1.54, 1.807) is 13.8 Å². The van der Waals surface area contributed by atoms with Crippen LogP contribution in [0.5, 0.6) is 0 Å². The van der Waals surface area contributed by atoms with Gasteiger partial charge in [0.2, 0.25) is 0 Å². The minimum absolute atomic E-state index is 0.424. The first-order chi connectivity index (χ1) is 3.06. The summed E-state index contributed by atoms with van der Waals surface area (Å²) in [5.74, 6) is 2.36. The number of hydrogen-bond donors (Lipinski definition) is 1. The highest BCUT2D eigenvalue weighted by molar-refractivity contribution is 4.90. The Hall–Kier alpha value is -0.480. The normalized spacial score (nSPS) is 10.6. The van der Waals surface area contributed by atoms with Crippen LogP contribution in [-0.4, -0.2) is 10.7 Å². The van der Waals surface area contributed by atoms with Crippen LogP contribution in [0.3, 0.4) is 0 Å². The molecule has 0 aliphatic heterocycles. The van der Waals surface area contributed by atoms with Crippen LogP contribution in [0.1, 0.15) is 20.3 Å². The van der Waals surface area contributed by atoms with E-state index in [4.69, 9.17) is 11.5 Å². The Bertz CT molecular complexity index is 81.3. The minimum Gasteiger partial charge on any atom is -0.389 e. The van der Waals surface area contributed by atoms with E-state index in [2.05, 4.69) is 5.92 Å². The molecule has 0 saturated heterocycles. The SMILES string of the molecule is C#CCC(C)(C)O. The highest BCUT2D eigenvalue weighted by Crippen LogP contribution is 2.03. The molecule has 0 aliphatic carbocycles. The molecule has 0 spiro atoms. The van der Waals surface area contributed by atoms with Gasteiger partial charge in [0.25, 0.3) is 0 Å². The highest BCUT2D eigenvalue weighted by atomic mass is 16.3. The summed E-state index contributed by atoms with van der Waals surface area (Å²) in [6, 6.07) is 0. The van der Waals surface area contributed by atoms with Crippen LogP contribution in [0.15, 0.2) is 0 Å². The average molecular weight is 98.1 g/mol. The van der Waals surface area contributed by atoms with Gasteiger partial charge >= 0.3 is 0 Å². The van der Waals surface area contributed by atoms with E-state index in [-0.39, 0.29) is 0 Å². The first-order valence-electron chi connectivity index (χ1n) is 2.22. The fourth-order valence-corrected chi connectivity index (χ4v) is 0.250. The van der Waals surface area contributed by atoms with Gasteiger partial charge in [-0.25, -0.2) is 0 Å². The summed E-state index contributed by atoms with van der Waals surface area (Å²) < 4.78 is 0. The maximum Gasteiger partial charge on any atom is 0.0700 e. The Balaban J connectivity index is 3.40. The van der Waals surface area contributed by atoms with E-state index in [1.165, 1.54) is 0 Å².